The number of nitrogens with zero attached hydrogens (tertiary/aromatic N) is 2. The maximum absolute atomic E-state index is 12.4. The molecule has 154 valence electrons. The number of allylic oxidation sites excluding steroid dienone is 1. The van der Waals surface area contributed by atoms with Gasteiger partial charge in [-0.05, 0) is 37.8 Å². The Morgan fingerprint density at radius 1 is 1.17 bits per heavy atom. The molecule has 6 nitrogen and oxygen atoms in total. The molecule has 0 unspecified atom stereocenters. The molecule has 0 radical (unpaired) electrons. The fourth-order valence-corrected chi connectivity index (χ4v) is 4.20. The van der Waals surface area contributed by atoms with E-state index in [1.54, 1.807) is 13.8 Å². The molecule has 2 atom stereocenters. The van der Waals surface area contributed by atoms with Crippen molar-refractivity contribution >= 4 is 11.9 Å². The molecular weight excluding hydrogens is 366 g/mol. The molecular formula is C23H29N3O3. The number of nitrogens with one attached hydrogen (secondary N) is 1. The summed E-state index contributed by atoms with van der Waals surface area (Å²) in [6, 6.07) is 10.0. The van der Waals surface area contributed by atoms with Gasteiger partial charge in [0.05, 0.1) is 17.8 Å². The number of aliphatic carboxylic acids is 1. The number of carboxylic acids is 1. The molecule has 1 aliphatic carbocycles. The van der Waals surface area contributed by atoms with Crippen molar-refractivity contribution in [2.75, 3.05) is 0 Å². The summed E-state index contributed by atoms with van der Waals surface area (Å²) in [6.07, 6.45) is 5.12. The zero-order valence-corrected chi connectivity index (χ0v) is 17.5. The Bertz CT molecular complexity index is 928. The number of benzene rings is 1. The van der Waals surface area contributed by atoms with Crippen LogP contribution >= 0.6 is 0 Å². The summed E-state index contributed by atoms with van der Waals surface area (Å²) in [5.74, 6) is -0.797. The van der Waals surface area contributed by atoms with Crippen LogP contribution in [0.15, 0.2) is 42.5 Å². The topological polar surface area (TPSA) is 84.2 Å². The van der Waals surface area contributed by atoms with Crippen molar-refractivity contribution in [2.45, 2.75) is 58.9 Å². The number of carbonyl (C=O) groups is 2. The van der Waals surface area contributed by atoms with E-state index in [0.29, 0.717) is 0 Å². The van der Waals surface area contributed by atoms with Crippen molar-refractivity contribution in [1.82, 2.24) is 15.1 Å². The minimum Gasteiger partial charge on any atom is -0.481 e. The van der Waals surface area contributed by atoms with Crippen LogP contribution < -0.4 is 5.32 Å². The van der Waals surface area contributed by atoms with Crippen LogP contribution in [-0.2, 0) is 9.59 Å². The van der Waals surface area contributed by atoms with Gasteiger partial charge in [-0.1, -0.05) is 44.2 Å². The smallest absolute Gasteiger partial charge is 0.303 e. The molecule has 3 rings (SSSR count). The van der Waals surface area contributed by atoms with Crippen molar-refractivity contribution in [3.8, 4) is 5.69 Å². The van der Waals surface area contributed by atoms with E-state index >= 15 is 0 Å². The maximum Gasteiger partial charge on any atom is 0.303 e. The summed E-state index contributed by atoms with van der Waals surface area (Å²) in [5, 5.41) is 16.8. The van der Waals surface area contributed by atoms with E-state index in [1.165, 1.54) is 5.56 Å². The van der Waals surface area contributed by atoms with Gasteiger partial charge in [0.15, 0.2) is 0 Å². The summed E-state index contributed by atoms with van der Waals surface area (Å²) in [6.45, 7) is 7.71. The second-order valence-electron chi connectivity index (χ2n) is 8.64. The molecule has 1 amide bonds. The van der Waals surface area contributed by atoms with Crippen molar-refractivity contribution < 1.29 is 14.7 Å². The molecule has 0 saturated carbocycles. The van der Waals surface area contributed by atoms with Gasteiger partial charge in [0.2, 0.25) is 5.91 Å². The van der Waals surface area contributed by atoms with Gasteiger partial charge >= 0.3 is 5.97 Å². The van der Waals surface area contributed by atoms with Crippen LogP contribution in [0.5, 0.6) is 0 Å². The van der Waals surface area contributed by atoms with Crippen molar-refractivity contribution in [3.05, 3.63) is 59.4 Å². The molecule has 0 saturated heterocycles. The van der Waals surface area contributed by atoms with Crippen LogP contribution in [0.3, 0.4) is 0 Å². The number of amides is 1. The van der Waals surface area contributed by atoms with Crippen molar-refractivity contribution in [3.63, 3.8) is 0 Å². The van der Waals surface area contributed by atoms with Gasteiger partial charge in [0, 0.05) is 29.6 Å². The van der Waals surface area contributed by atoms with E-state index in [9.17, 15) is 9.59 Å². The first kappa shape index (κ1) is 20.8. The number of aromatic nitrogens is 2. The van der Waals surface area contributed by atoms with E-state index in [0.717, 1.165) is 23.5 Å². The Balaban J connectivity index is 1.66. The van der Waals surface area contributed by atoms with Gasteiger partial charge in [-0.25, -0.2) is 4.68 Å². The summed E-state index contributed by atoms with van der Waals surface area (Å²) in [5.41, 5.74) is 3.77. The lowest BCUT2D eigenvalue weighted by atomic mass is 9.85. The number of carboxylic acid groups (broad SMARTS) is 1. The molecule has 0 fully saturated rings. The minimum absolute atomic E-state index is 0.0272. The Morgan fingerprint density at radius 2 is 1.86 bits per heavy atom. The third-order valence-corrected chi connectivity index (χ3v) is 5.42. The molecule has 0 aliphatic heterocycles. The average Bonchev–Trinajstić information content (AvgIpc) is 3.17. The van der Waals surface area contributed by atoms with Crippen LogP contribution in [0.1, 0.15) is 56.0 Å². The normalized spacial score (nSPS) is 18.8. The zero-order valence-electron chi connectivity index (χ0n) is 17.5. The monoisotopic (exact) mass is 395 g/mol. The summed E-state index contributed by atoms with van der Waals surface area (Å²) >= 11 is 0. The van der Waals surface area contributed by atoms with E-state index in [2.05, 4.69) is 18.3 Å². The standard InChI is InChI=1S/C23H29N3O3/c1-15-22(16(2)26(25-15)19-8-6-5-7-9-19)17-10-11-18(12-17)24-20(27)13-23(3,4)14-21(28)29/h5-11,17-18H,12-14H2,1-4H3,(H,24,27)(H,28,29)/t17-,18+/m0/s1. The Kier molecular flexibility index (Phi) is 5.91. The lowest BCUT2D eigenvalue weighted by Gasteiger charge is -2.23. The molecule has 1 aromatic carbocycles. The van der Waals surface area contributed by atoms with Crippen LogP contribution in [0, 0.1) is 19.3 Å². The number of rotatable bonds is 7. The zero-order chi connectivity index (χ0) is 21.2. The molecule has 6 heteroatoms. The fraction of sp³-hybridized carbons (Fsp3) is 0.435. The number of aryl methyl sites for hydroxylation is 1. The summed E-state index contributed by atoms with van der Waals surface area (Å²) in [4.78, 5) is 23.4. The molecule has 1 aromatic heterocycles. The third-order valence-electron chi connectivity index (χ3n) is 5.42. The van der Waals surface area contributed by atoms with Crippen molar-refractivity contribution in [2.24, 2.45) is 5.41 Å². The first-order chi connectivity index (χ1) is 13.7. The minimum atomic E-state index is -0.884. The molecule has 1 heterocycles. The third kappa shape index (κ3) is 4.94. The molecule has 0 bridgehead atoms. The number of carbonyl (C=O) groups excluding carboxylic acids is 1. The van der Waals surface area contributed by atoms with Crippen LogP contribution in [0.4, 0.5) is 0 Å². The van der Waals surface area contributed by atoms with Gasteiger partial charge in [-0.15, -0.1) is 0 Å². The quantitative estimate of drug-likeness (QED) is 0.696. The average molecular weight is 396 g/mol. The highest BCUT2D eigenvalue weighted by molar-refractivity contribution is 5.78. The Labute approximate surface area is 171 Å². The van der Waals surface area contributed by atoms with Gasteiger partial charge in [0.25, 0.3) is 0 Å². The van der Waals surface area contributed by atoms with E-state index in [4.69, 9.17) is 10.2 Å². The fourth-order valence-electron chi connectivity index (χ4n) is 4.20. The van der Waals surface area contributed by atoms with E-state index in [-0.39, 0.29) is 30.7 Å². The predicted octanol–water partition coefficient (Wildman–Crippen LogP) is 3.91. The molecule has 0 spiro atoms. The summed E-state index contributed by atoms with van der Waals surface area (Å²) < 4.78 is 1.97. The Hall–Kier alpha value is -2.89. The van der Waals surface area contributed by atoms with E-state index < -0.39 is 11.4 Å². The molecule has 29 heavy (non-hydrogen) atoms. The van der Waals surface area contributed by atoms with Crippen LogP contribution in [0.25, 0.3) is 5.69 Å². The lowest BCUT2D eigenvalue weighted by molar-refractivity contribution is -0.139. The van der Waals surface area contributed by atoms with Crippen LogP contribution in [-0.4, -0.2) is 32.8 Å². The van der Waals surface area contributed by atoms with Gasteiger partial charge < -0.3 is 10.4 Å². The number of para-hydroxylation sites is 1. The largest absolute Gasteiger partial charge is 0.481 e. The molecule has 2 N–H and O–H groups in total. The highest BCUT2D eigenvalue weighted by Gasteiger charge is 2.29. The SMILES string of the molecule is Cc1nn(-c2ccccc2)c(C)c1[C@H]1C=C[C@@H](NC(=O)CC(C)(C)CC(=O)O)C1. The highest BCUT2D eigenvalue weighted by Crippen LogP contribution is 2.34. The van der Waals surface area contributed by atoms with Gasteiger partial charge in [-0.2, -0.15) is 5.10 Å². The number of hydrogen-bond donors (Lipinski definition) is 2. The highest BCUT2D eigenvalue weighted by atomic mass is 16.4. The number of hydrogen-bond acceptors (Lipinski definition) is 3. The second-order valence-corrected chi connectivity index (χ2v) is 8.64. The summed E-state index contributed by atoms with van der Waals surface area (Å²) in [7, 11) is 0. The van der Waals surface area contributed by atoms with Crippen LogP contribution in [0.2, 0.25) is 0 Å². The predicted molar refractivity (Wildman–Crippen MR) is 112 cm³/mol. The molecule has 2 aromatic rings. The lowest BCUT2D eigenvalue weighted by Crippen LogP contribution is -2.36. The van der Waals surface area contributed by atoms with E-state index in [1.807, 2.05) is 48.0 Å². The van der Waals surface area contributed by atoms with Gasteiger partial charge in [-0.3, -0.25) is 9.59 Å². The van der Waals surface area contributed by atoms with Crippen molar-refractivity contribution in [1.29, 1.82) is 0 Å². The van der Waals surface area contributed by atoms with Gasteiger partial charge in [0.1, 0.15) is 0 Å². The first-order valence-electron chi connectivity index (χ1n) is 9.97. The first-order valence-corrected chi connectivity index (χ1v) is 9.97. The molecule has 1 aliphatic rings. The maximum atomic E-state index is 12.4. The second kappa shape index (κ2) is 8.23. The Morgan fingerprint density at radius 3 is 2.52 bits per heavy atom.